The molecule has 0 bridgehead atoms. The summed E-state index contributed by atoms with van der Waals surface area (Å²) in [4.78, 5) is 34.7. The molecular weight excluding hydrogens is 310 g/mol. The highest BCUT2D eigenvalue weighted by molar-refractivity contribution is 5.96. The van der Waals surface area contributed by atoms with Gasteiger partial charge in [0.2, 0.25) is 0 Å². The van der Waals surface area contributed by atoms with Crippen LogP contribution in [-0.4, -0.2) is 30.5 Å². The molecular formula is C18H16NO5-. The van der Waals surface area contributed by atoms with E-state index in [0.29, 0.717) is 11.1 Å². The van der Waals surface area contributed by atoms with Crippen molar-refractivity contribution in [2.75, 3.05) is 6.54 Å². The molecule has 0 heterocycles. The van der Waals surface area contributed by atoms with Crippen molar-refractivity contribution in [3.63, 3.8) is 0 Å². The van der Waals surface area contributed by atoms with Crippen molar-refractivity contribution in [1.29, 1.82) is 0 Å². The van der Waals surface area contributed by atoms with E-state index in [1.165, 1.54) is 0 Å². The molecule has 1 N–H and O–H groups in total. The lowest BCUT2D eigenvalue weighted by Gasteiger charge is -2.19. The van der Waals surface area contributed by atoms with Crippen LogP contribution in [0.1, 0.15) is 15.9 Å². The summed E-state index contributed by atoms with van der Waals surface area (Å²) in [5.41, 5.74) is 1.10. The number of hydrogen-bond acceptors (Lipinski definition) is 5. The Morgan fingerprint density at radius 2 is 1.54 bits per heavy atom. The van der Waals surface area contributed by atoms with E-state index in [9.17, 15) is 19.5 Å². The molecule has 124 valence electrons. The molecule has 1 unspecified atom stereocenters. The number of carbonyl (C=O) groups is 3. The number of carboxylic acid groups (broad SMARTS) is 1. The van der Waals surface area contributed by atoms with E-state index in [1.54, 1.807) is 60.7 Å². The van der Waals surface area contributed by atoms with Crippen molar-refractivity contribution in [2.45, 2.75) is 12.5 Å². The Labute approximate surface area is 139 Å². The molecule has 1 amide bonds. The number of nitrogens with one attached hydrogen (secondary N) is 1. The van der Waals surface area contributed by atoms with Gasteiger partial charge in [0, 0.05) is 12.0 Å². The van der Waals surface area contributed by atoms with Crippen molar-refractivity contribution in [3.05, 3.63) is 71.8 Å². The standard InChI is InChI=1S/C18H17NO5/c20-16(12-19-17(21)14-9-5-2-6-10-14)24-15(18(22)23)11-13-7-3-1-4-8-13/h1-10,15H,11-12H2,(H,19,21)(H,22,23)/p-1. The van der Waals surface area contributed by atoms with E-state index in [2.05, 4.69) is 5.32 Å². The maximum atomic E-state index is 11.8. The van der Waals surface area contributed by atoms with Gasteiger partial charge >= 0.3 is 5.97 Å². The zero-order chi connectivity index (χ0) is 17.4. The number of rotatable bonds is 7. The van der Waals surface area contributed by atoms with E-state index in [4.69, 9.17) is 4.74 Å². The number of hydrogen-bond donors (Lipinski definition) is 1. The van der Waals surface area contributed by atoms with Crippen LogP contribution in [0.15, 0.2) is 60.7 Å². The first-order valence-electron chi connectivity index (χ1n) is 7.34. The van der Waals surface area contributed by atoms with Gasteiger partial charge in [-0.1, -0.05) is 48.5 Å². The molecule has 0 aromatic heterocycles. The van der Waals surface area contributed by atoms with Crippen LogP contribution in [0.2, 0.25) is 0 Å². The third-order valence-corrected chi connectivity index (χ3v) is 3.23. The van der Waals surface area contributed by atoms with Gasteiger partial charge in [-0.05, 0) is 17.7 Å². The normalized spacial score (nSPS) is 11.3. The number of carboxylic acids is 1. The molecule has 0 saturated heterocycles. The molecule has 0 saturated carbocycles. The van der Waals surface area contributed by atoms with Crippen LogP contribution in [0.4, 0.5) is 0 Å². The van der Waals surface area contributed by atoms with Gasteiger partial charge in [0.15, 0.2) is 0 Å². The van der Waals surface area contributed by atoms with Crippen LogP contribution in [0.25, 0.3) is 0 Å². The second kappa shape index (κ2) is 8.47. The molecule has 2 aromatic rings. The van der Waals surface area contributed by atoms with Gasteiger partial charge in [-0.25, -0.2) is 0 Å². The second-order valence-corrected chi connectivity index (χ2v) is 5.04. The molecule has 6 nitrogen and oxygen atoms in total. The highest BCUT2D eigenvalue weighted by Crippen LogP contribution is 2.06. The molecule has 0 radical (unpaired) electrons. The van der Waals surface area contributed by atoms with Crippen molar-refractivity contribution < 1.29 is 24.2 Å². The minimum absolute atomic E-state index is 0.00153. The fraction of sp³-hybridized carbons (Fsp3) is 0.167. The number of ether oxygens (including phenoxy) is 1. The smallest absolute Gasteiger partial charge is 0.326 e. The summed E-state index contributed by atoms with van der Waals surface area (Å²) in [6, 6.07) is 17.1. The monoisotopic (exact) mass is 326 g/mol. The zero-order valence-corrected chi connectivity index (χ0v) is 12.8. The Balaban J connectivity index is 1.87. The Kier molecular flexibility index (Phi) is 6.08. The lowest BCUT2D eigenvalue weighted by molar-refractivity contribution is -0.315. The topological polar surface area (TPSA) is 95.5 Å². The first kappa shape index (κ1) is 17.2. The summed E-state index contributed by atoms with van der Waals surface area (Å²) in [7, 11) is 0. The van der Waals surface area contributed by atoms with Crippen LogP contribution >= 0.6 is 0 Å². The summed E-state index contributed by atoms with van der Waals surface area (Å²) < 4.78 is 4.89. The quantitative estimate of drug-likeness (QED) is 0.739. The maximum absolute atomic E-state index is 11.8. The largest absolute Gasteiger partial charge is 0.546 e. The van der Waals surface area contributed by atoms with Crippen LogP contribution in [0.5, 0.6) is 0 Å². The minimum Gasteiger partial charge on any atom is -0.546 e. The predicted octanol–water partition coefficient (Wildman–Crippen LogP) is 0.321. The first-order valence-corrected chi connectivity index (χ1v) is 7.34. The summed E-state index contributed by atoms with van der Waals surface area (Å²) in [5.74, 6) is -2.77. The molecule has 2 rings (SSSR count). The Hall–Kier alpha value is -3.15. The lowest BCUT2D eigenvalue weighted by atomic mass is 10.1. The molecule has 0 fully saturated rings. The van der Waals surface area contributed by atoms with Gasteiger partial charge < -0.3 is 20.0 Å². The maximum Gasteiger partial charge on any atom is 0.326 e. The van der Waals surface area contributed by atoms with Crippen molar-refractivity contribution in [2.24, 2.45) is 0 Å². The Bertz CT molecular complexity index is 700. The number of amides is 1. The van der Waals surface area contributed by atoms with Crippen LogP contribution in [-0.2, 0) is 20.7 Å². The van der Waals surface area contributed by atoms with Crippen molar-refractivity contribution in [3.8, 4) is 0 Å². The van der Waals surface area contributed by atoms with Gasteiger partial charge in [-0.3, -0.25) is 9.59 Å². The summed E-state index contributed by atoms with van der Waals surface area (Å²) in [6.07, 6.45) is -1.41. The second-order valence-electron chi connectivity index (χ2n) is 5.04. The number of benzene rings is 2. The molecule has 0 aliphatic carbocycles. The van der Waals surface area contributed by atoms with Crippen LogP contribution in [0, 0.1) is 0 Å². The molecule has 0 aliphatic rings. The molecule has 2 aromatic carbocycles. The molecule has 1 atom stereocenters. The van der Waals surface area contributed by atoms with Crippen molar-refractivity contribution >= 4 is 17.8 Å². The number of aliphatic carboxylic acids is 1. The Morgan fingerprint density at radius 1 is 0.958 bits per heavy atom. The predicted molar refractivity (Wildman–Crippen MR) is 83.8 cm³/mol. The third kappa shape index (κ3) is 5.24. The lowest BCUT2D eigenvalue weighted by Crippen LogP contribution is -2.42. The highest BCUT2D eigenvalue weighted by atomic mass is 16.6. The molecule has 24 heavy (non-hydrogen) atoms. The van der Waals surface area contributed by atoms with E-state index < -0.39 is 30.5 Å². The van der Waals surface area contributed by atoms with Crippen LogP contribution < -0.4 is 10.4 Å². The van der Waals surface area contributed by atoms with Gasteiger partial charge in [-0.15, -0.1) is 0 Å². The summed E-state index contributed by atoms with van der Waals surface area (Å²) in [6.45, 7) is -0.424. The molecule has 0 aliphatic heterocycles. The summed E-state index contributed by atoms with van der Waals surface area (Å²) in [5, 5.41) is 13.5. The SMILES string of the molecule is O=C(CNC(=O)c1ccccc1)OC(Cc1ccccc1)C(=O)[O-]. The zero-order valence-electron chi connectivity index (χ0n) is 12.8. The van der Waals surface area contributed by atoms with Gasteiger partial charge in [0.1, 0.15) is 12.6 Å². The van der Waals surface area contributed by atoms with Gasteiger partial charge in [0.05, 0.1) is 5.97 Å². The average Bonchev–Trinajstić information content (AvgIpc) is 2.60. The number of esters is 1. The van der Waals surface area contributed by atoms with Gasteiger partial charge in [-0.2, -0.15) is 0 Å². The van der Waals surface area contributed by atoms with Gasteiger partial charge in [0.25, 0.3) is 5.91 Å². The first-order chi connectivity index (χ1) is 11.6. The molecule has 0 spiro atoms. The van der Waals surface area contributed by atoms with E-state index in [0.717, 1.165) is 0 Å². The van der Waals surface area contributed by atoms with E-state index in [-0.39, 0.29) is 6.42 Å². The third-order valence-electron chi connectivity index (χ3n) is 3.23. The minimum atomic E-state index is -1.48. The average molecular weight is 326 g/mol. The fourth-order valence-electron chi connectivity index (χ4n) is 2.05. The van der Waals surface area contributed by atoms with Crippen LogP contribution in [0.3, 0.4) is 0 Å². The van der Waals surface area contributed by atoms with Crippen molar-refractivity contribution in [1.82, 2.24) is 5.32 Å². The molecule has 6 heteroatoms. The van der Waals surface area contributed by atoms with E-state index >= 15 is 0 Å². The summed E-state index contributed by atoms with van der Waals surface area (Å²) >= 11 is 0. The highest BCUT2D eigenvalue weighted by Gasteiger charge is 2.17. The Morgan fingerprint density at radius 3 is 2.12 bits per heavy atom. The number of carbonyl (C=O) groups excluding carboxylic acids is 3. The fourth-order valence-corrected chi connectivity index (χ4v) is 2.05. The van der Waals surface area contributed by atoms with E-state index in [1.807, 2.05) is 0 Å².